The molecule has 1 aliphatic rings. The molecule has 2 atom stereocenters. The zero-order chi connectivity index (χ0) is 14.5. The van der Waals surface area contributed by atoms with Gasteiger partial charge in [-0.25, -0.2) is 0 Å². The summed E-state index contributed by atoms with van der Waals surface area (Å²) in [4.78, 5) is 12.5. The van der Waals surface area contributed by atoms with Crippen molar-refractivity contribution in [3.63, 3.8) is 0 Å². The van der Waals surface area contributed by atoms with Crippen LogP contribution in [0, 0.1) is 12.8 Å². The molecule has 1 aromatic carbocycles. The number of anilines is 1. The molecule has 2 rings (SSSR count). The van der Waals surface area contributed by atoms with Crippen LogP contribution < -0.4 is 10.6 Å². The molecule has 3 nitrogen and oxygen atoms in total. The summed E-state index contributed by atoms with van der Waals surface area (Å²) in [5, 5.41) is 6.51. The lowest BCUT2D eigenvalue weighted by Gasteiger charge is -2.29. The molecule has 110 valence electrons. The van der Waals surface area contributed by atoms with Crippen molar-refractivity contribution in [3.05, 3.63) is 29.3 Å². The van der Waals surface area contributed by atoms with Crippen LogP contribution in [0.15, 0.2) is 18.2 Å². The smallest absolute Gasteiger partial charge is 0.253 e. The van der Waals surface area contributed by atoms with Gasteiger partial charge in [-0.2, -0.15) is 0 Å². The molecule has 1 aromatic rings. The Balaban J connectivity index is 2.12. The molecule has 3 heteroatoms. The number of aryl methyl sites for hydroxylation is 1. The minimum Gasteiger partial charge on any atom is -0.385 e. The number of amides is 1. The SMILES string of the molecule is CCNc1cc(C)ccc1C(=O)NC1CCCCC1C. The molecule has 1 fully saturated rings. The molecule has 20 heavy (non-hydrogen) atoms. The van der Waals surface area contributed by atoms with E-state index in [1.807, 2.05) is 32.0 Å². The Bertz CT molecular complexity index is 470. The Labute approximate surface area is 122 Å². The summed E-state index contributed by atoms with van der Waals surface area (Å²) in [6, 6.07) is 6.30. The minimum atomic E-state index is 0.0553. The quantitative estimate of drug-likeness (QED) is 0.878. The van der Waals surface area contributed by atoms with E-state index in [0.717, 1.165) is 24.2 Å². The van der Waals surface area contributed by atoms with Crippen LogP contribution in [0.25, 0.3) is 0 Å². The van der Waals surface area contributed by atoms with Crippen LogP contribution in [0.5, 0.6) is 0 Å². The highest BCUT2D eigenvalue weighted by molar-refractivity contribution is 5.99. The number of rotatable bonds is 4. The van der Waals surface area contributed by atoms with Crippen molar-refractivity contribution in [2.45, 2.75) is 52.5 Å². The Kier molecular flexibility index (Phi) is 5.05. The van der Waals surface area contributed by atoms with Gasteiger partial charge in [-0.15, -0.1) is 0 Å². The van der Waals surface area contributed by atoms with Crippen molar-refractivity contribution in [1.82, 2.24) is 5.32 Å². The monoisotopic (exact) mass is 274 g/mol. The highest BCUT2D eigenvalue weighted by Crippen LogP contribution is 2.25. The maximum Gasteiger partial charge on any atom is 0.253 e. The molecule has 0 radical (unpaired) electrons. The van der Waals surface area contributed by atoms with Gasteiger partial charge in [0.1, 0.15) is 0 Å². The van der Waals surface area contributed by atoms with Gasteiger partial charge in [0.05, 0.1) is 5.56 Å². The summed E-state index contributed by atoms with van der Waals surface area (Å²) in [5.41, 5.74) is 2.87. The fourth-order valence-electron chi connectivity index (χ4n) is 2.97. The molecule has 0 spiro atoms. The summed E-state index contributed by atoms with van der Waals surface area (Å²) in [6.07, 6.45) is 4.85. The van der Waals surface area contributed by atoms with E-state index in [4.69, 9.17) is 0 Å². The average molecular weight is 274 g/mol. The molecule has 1 aliphatic carbocycles. The molecule has 0 aliphatic heterocycles. The molecule has 0 heterocycles. The first-order valence-corrected chi connectivity index (χ1v) is 7.77. The maximum atomic E-state index is 12.5. The van der Waals surface area contributed by atoms with Crippen molar-refractivity contribution < 1.29 is 4.79 Å². The molecule has 2 N–H and O–H groups in total. The number of hydrogen-bond acceptors (Lipinski definition) is 2. The lowest BCUT2D eigenvalue weighted by Crippen LogP contribution is -2.41. The van der Waals surface area contributed by atoms with Gasteiger partial charge in [0.2, 0.25) is 0 Å². The van der Waals surface area contributed by atoms with Gasteiger partial charge in [-0.1, -0.05) is 25.8 Å². The summed E-state index contributed by atoms with van der Waals surface area (Å²) in [7, 11) is 0. The van der Waals surface area contributed by atoms with Crippen LogP contribution in [-0.2, 0) is 0 Å². The Morgan fingerprint density at radius 1 is 1.30 bits per heavy atom. The van der Waals surface area contributed by atoms with E-state index in [1.54, 1.807) is 0 Å². The third-order valence-electron chi connectivity index (χ3n) is 4.21. The Morgan fingerprint density at radius 2 is 2.05 bits per heavy atom. The van der Waals surface area contributed by atoms with Gasteiger partial charge >= 0.3 is 0 Å². The highest BCUT2D eigenvalue weighted by Gasteiger charge is 2.24. The third-order valence-corrected chi connectivity index (χ3v) is 4.21. The van der Waals surface area contributed by atoms with Crippen molar-refractivity contribution in [1.29, 1.82) is 0 Å². The van der Waals surface area contributed by atoms with E-state index in [1.165, 1.54) is 24.8 Å². The standard InChI is InChI=1S/C17H26N2O/c1-4-18-16-11-12(2)9-10-14(16)17(20)19-15-8-6-5-7-13(15)3/h9-11,13,15,18H,4-8H2,1-3H3,(H,19,20). The topological polar surface area (TPSA) is 41.1 Å². The Morgan fingerprint density at radius 3 is 2.75 bits per heavy atom. The largest absolute Gasteiger partial charge is 0.385 e. The van der Waals surface area contributed by atoms with Crippen molar-refractivity contribution >= 4 is 11.6 Å². The first-order chi connectivity index (χ1) is 9.61. The molecule has 1 amide bonds. The number of benzene rings is 1. The zero-order valence-corrected chi connectivity index (χ0v) is 12.8. The maximum absolute atomic E-state index is 12.5. The molecule has 0 saturated heterocycles. The predicted octanol–water partition coefficient (Wildman–Crippen LogP) is 3.74. The summed E-state index contributed by atoms with van der Waals surface area (Å²) < 4.78 is 0. The van der Waals surface area contributed by atoms with Crippen LogP contribution in [0.3, 0.4) is 0 Å². The Hall–Kier alpha value is -1.51. The van der Waals surface area contributed by atoms with Crippen LogP contribution in [-0.4, -0.2) is 18.5 Å². The van der Waals surface area contributed by atoms with E-state index in [-0.39, 0.29) is 5.91 Å². The lowest BCUT2D eigenvalue weighted by molar-refractivity contribution is 0.0911. The first kappa shape index (κ1) is 14.9. The fourth-order valence-corrected chi connectivity index (χ4v) is 2.97. The molecule has 2 unspecified atom stereocenters. The number of nitrogens with one attached hydrogen (secondary N) is 2. The van der Waals surface area contributed by atoms with E-state index >= 15 is 0 Å². The molecular weight excluding hydrogens is 248 g/mol. The lowest BCUT2D eigenvalue weighted by atomic mass is 9.86. The van der Waals surface area contributed by atoms with Gasteiger partial charge in [0.25, 0.3) is 5.91 Å². The van der Waals surface area contributed by atoms with Gasteiger partial charge in [0, 0.05) is 18.3 Å². The fraction of sp³-hybridized carbons (Fsp3) is 0.588. The van der Waals surface area contributed by atoms with E-state index < -0.39 is 0 Å². The minimum absolute atomic E-state index is 0.0553. The van der Waals surface area contributed by atoms with Crippen LogP contribution in [0.1, 0.15) is 55.5 Å². The predicted molar refractivity (Wildman–Crippen MR) is 84.2 cm³/mol. The number of carbonyl (C=O) groups is 1. The van der Waals surface area contributed by atoms with Gasteiger partial charge in [-0.3, -0.25) is 4.79 Å². The van der Waals surface area contributed by atoms with Crippen LogP contribution >= 0.6 is 0 Å². The van der Waals surface area contributed by atoms with Crippen molar-refractivity contribution in [3.8, 4) is 0 Å². The van der Waals surface area contributed by atoms with Crippen molar-refractivity contribution in [2.75, 3.05) is 11.9 Å². The molecule has 0 aromatic heterocycles. The first-order valence-electron chi connectivity index (χ1n) is 7.77. The van der Waals surface area contributed by atoms with E-state index in [9.17, 15) is 4.79 Å². The summed E-state index contributed by atoms with van der Waals surface area (Å²) >= 11 is 0. The normalized spacial score (nSPS) is 22.4. The number of carbonyl (C=O) groups excluding carboxylic acids is 1. The van der Waals surface area contributed by atoms with E-state index in [0.29, 0.717) is 12.0 Å². The third kappa shape index (κ3) is 3.53. The van der Waals surface area contributed by atoms with Gasteiger partial charge in [0.15, 0.2) is 0 Å². The van der Waals surface area contributed by atoms with Crippen molar-refractivity contribution in [2.24, 2.45) is 5.92 Å². The zero-order valence-electron chi connectivity index (χ0n) is 12.8. The second kappa shape index (κ2) is 6.78. The van der Waals surface area contributed by atoms with E-state index in [2.05, 4.69) is 17.6 Å². The highest BCUT2D eigenvalue weighted by atomic mass is 16.1. The van der Waals surface area contributed by atoms with Gasteiger partial charge in [-0.05, 0) is 50.3 Å². The second-order valence-electron chi connectivity index (χ2n) is 5.92. The second-order valence-corrected chi connectivity index (χ2v) is 5.92. The molecule has 1 saturated carbocycles. The average Bonchev–Trinajstić information content (AvgIpc) is 2.42. The van der Waals surface area contributed by atoms with Crippen LogP contribution in [0.4, 0.5) is 5.69 Å². The summed E-state index contributed by atoms with van der Waals surface area (Å²) in [6.45, 7) is 7.16. The van der Waals surface area contributed by atoms with Gasteiger partial charge < -0.3 is 10.6 Å². The summed E-state index contributed by atoms with van der Waals surface area (Å²) in [5.74, 6) is 0.639. The molecule has 0 bridgehead atoms. The molecular formula is C17H26N2O. The van der Waals surface area contributed by atoms with Crippen LogP contribution in [0.2, 0.25) is 0 Å². The number of hydrogen-bond donors (Lipinski definition) is 2.